The van der Waals surface area contributed by atoms with Crippen molar-refractivity contribution >= 4 is 6.01 Å². The van der Waals surface area contributed by atoms with Crippen LogP contribution in [0.15, 0.2) is 4.42 Å². The Labute approximate surface area is 97.0 Å². The number of nitrogens with zero attached hydrogens (tertiary/aromatic N) is 2. The lowest BCUT2D eigenvalue weighted by Gasteiger charge is -2.20. The van der Waals surface area contributed by atoms with Crippen LogP contribution in [0, 0.1) is 5.92 Å². The molecule has 0 saturated carbocycles. The first kappa shape index (κ1) is 13.0. The number of hydrogen-bond donors (Lipinski definition) is 2. The second-order valence-electron chi connectivity index (χ2n) is 4.04. The standard InChI is InChI=1S/C11H22N4O/c1-5-9(6-2)8(3)13-11-15-14-10(16-11)7-12-4/h8-9,12H,5-7H2,1-4H3,(H,13,15). The van der Waals surface area contributed by atoms with Gasteiger partial charge in [-0.15, -0.1) is 5.10 Å². The zero-order valence-electron chi connectivity index (χ0n) is 10.6. The van der Waals surface area contributed by atoms with E-state index >= 15 is 0 Å². The molecular formula is C11H22N4O. The second-order valence-corrected chi connectivity index (χ2v) is 4.04. The zero-order valence-corrected chi connectivity index (χ0v) is 10.6. The van der Waals surface area contributed by atoms with Crippen molar-refractivity contribution in [3.8, 4) is 0 Å². The normalized spacial score (nSPS) is 13.1. The van der Waals surface area contributed by atoms with Gasteiger partial charge in [-0.25, -0.2) is 0 Å². The summed E-state index contributed by atoms with van der Waals surface area (Å²) in [5.41, 5.74) is 0. The first-order chi connectivity index (χ1) is 7.71. The average Bonchev–Trinajstić information content (AvgIpc) is 2.68. The molecule has 0 bridgehead atoms. The summed E-state index contributed by atoms with van der Waals surface area (Å²) < 4.78 is 5.44. The Bertz CT molecular complexity index is 296. The van der Waals surface area contributed by atoms with Crippen LogP contribution in [-0.4, -0.2) is 23.3 Å². The van der Waals surface area contributed by atoms with Crippen LogP contribution in [0.3, 0.4) is 0 Å². The van der Waals surface area contributed by atoms with Gasteiger partial charge in [0.05, 0.1) is 6.54 Å². The summed E-state index contributed by atoms with van der Waals surface area (Å²) in [6.07, 6.45) is 2.31. The van der Waals surface area contributed by atoms with E-state index in [1.807, 2.05) is 7.05 Å². The third-order valence-electron chi connectivity index (χ3n) is 2.90. The topological polar surface area (TPSA) is 63.0 Å². The van der Waals surface area contributed by atoms with Crippen molar-refractivity contribution in [2.75, 3.05) is 12.4 Å². The molecule has 0 saturated heterocycles. The Morgan fingerprint density at radius 2 is 1.94 bits per heavy atom. The predicted octanol–water partition coefficient (Wildman–Crippen LogP) is 2.03. The fourth-order valence-electron chi connectivity index (χ4n) is 1.84. The molecule has 0 aliphatic carbocycles. The van der Waals surface area contributed by atoms with Gasteiger partial charge in [0.1, 0.15) is 0 Å². The molecule has 0 amide bonds. The van der Waals surface area contributed by atoms with Crippen molar-refractivity contribution in [2.24, 2.45) is 5.92 Å². The van der Waals surface area contributed by atoms with E-state index < -0.39 is 0 Å². The molecule has 0 radical (unpaired) electrons. The van der Waals surface area contributed by atoms with E-state index in [-0.39, 0.29) is 0 Å². The highest BCUT2D eigenvalue weighted by Gasteiger charge is 2.15. The third kappa shape index (κ3) is 3.48. The Kier molecular flexibility index (Phi) is 5.25. The smallest absolute Gasteiger partial charge is 0.315 e. The van der Waals surface area contributed by atoms with Gasteiger partial charge in [-0.05, 0) is 19.9 Å². The molecule has 0 aliphatic rings. The van der Waals surface area contributed by atoms with Gasteiger partial charge in [0.15, 0.2) is 0 Å². The monoisotopic (exact) mass is 226 g/mol. The molecule has 1 unspecified atom stereocenters. The summed E-state index contributed by atoms with van der Waals surface area (Å²) in [7, 11) is 1.85. The van der Waals surface area contributed by atoms with E-state index in [1.54, 1.807) is 0 Å². The molecule has 16 heavy (non-hydrogen) atoms. The van der Waals surface area contributed by atoms with E-state index in [0.717, 1.165) is 12.8 Å². The molecule has 1 rings (SSSR count). The first-order valence-corrected chi connectivity index (χ1v) is 5.94. The van der Waals surface area contributed by atoms with Crippen LogP contribution in [0.1, 0.15) is 39.5 Å². The van der Waals surface area contributed by atoms with Gasteiger partial charge in [0.2, 0.25) is 5.89 Å². The SMILES string of the molecule is CCC(CC)C(C)Nc1nnc(CNC)o1. The minimum absolute atomic E-state index is 0.359. The van der Waals surface area contributed by atoms with E-state index in [1.165, 1.54) is 0 Å². The van der Waals surface area contributed by atoms with Crippen molar-refractivity contribution in [1.82, 2.24) is 15.5 Å². The highest BCUT2D eigenvalue weighted by molar-refractivity contribution is 5.19. The lowest BCUT2D eigenvalue weighted by atomic mass is 9.96. The molecule has 0 spiro atoms. The fourth-order valence-corrected chi connectivity index (χ4v) is 1.84. The molecule has 0 aromatic carbocycles. The summed E-state index contributed by atoms with van der Waals surface area (Å²) in [5.74, 6) is 1.25. The lowest BCUT2D eigenvalue weighted by Crippen LogP contribution is -2.25. The summed E-state index contributed by atoms with van der Waals surface area (Å²) >= 11 is 0. The van der Waals surface area contributed by atoms with Gasteiger partial charge >= 0.3 is 6.01 Å². The summed E-state index contributed by atoms with van der Waals surface area (Å²) in [6.45, 7) is 7.16. The van der Waals surface area contributed by atoms with Crippen molar-refractivity contribution in [1.29, 1.82) is 0 Å². The van der Waals surface area contributed by atoms with Crippen LogP contribution in [0.25, 0.3) is 0 Å². The van der Waals surface area contributed by atoms with Gasteiger partial charge < -0.3 is 15.1 Å². The van der Waals surface area contributed by atoms with Crippen molar-refractivity contribution in [3.63, 3.8) is 0 Å². The van der Waals surface area contributed by atoms with Gasteiger partial charge in [-0.2, -0.15) is 0 Å². The van der Waals surface area contributed by atoms with Crippen molar-refractivity contribution < 1.29 is 4.42 Å². The molecule has 1 atom stereocenters. The maximum Gasteiger partial charge on any atom is 0.315 e. The predicted molar refractivity (Wildman–Crippen MR) is 64.2 cm³/mol. The van der Waals surface area contributed by atoms with Crippen LogP contribution in [0.4, 0.5) is 6.01 Å². The van der Waals surface area contributed by atoms with Gasteiger partial charge in [0.25, 0.3) is 0 Å². The van der Waals surface area contributed by atoms with Crippen molar-refractivity contribution in [2.45, 2.75) is 46.2 Å². The van der Waals surface area contributed by atoms with E-state index in [9.17, 15) is 0 Å². The van der Waals surface area contributed by atoms with Crippen molar-refractivity contribution in [3.05, 3.63) is 5.89 Å². The Balaban J connectivity index is 2.51. The number of aromatic nitrogens is 2. The van der Waals surface area contributed by atoms with E-state index in [0.29, 0.717) is 30.4 Å². The summed E-state index contributed by atoms with van der Waals surface area (Å²) in [5, 5.41) is 14.1. The molecule has 5 heteroatoms. The van der Waals surface area contributed by atoms with Gasteiger partial charge in [0, 0.05) is 6.04 Å². The maximum atomic E-state index is 5.44. The summed E-state index contributed by atoms with van der Waals surface area (Å²) in [4.78, 5) is 0. The third-order valence-corrected chi connectivity index (χ3v) is 2.90. The average molecular weight is 226 g/mol. The molecule has 92 valence electrons. The molecule has 5 nitrogen and oxygen atoms in total. The number of anilines is 1. The van der Waals surface area contributed by atoms with E-state index in [2.05, 4.69) is 41.6 Å². The highest BCUT2D eigenvalue weighted by Crippen LogP contribution is 2.17. The van der Waals surface area contributed by atoms with Gasteiger partial charge in [-0.3, -0.25) is 0 Å². The van der Waals surface area contributed by atoms with Crippen LogP contribution in [0.5, 0.6) is 0 Å². The Morgan fingerprint density at radius 3 is 2.50 bits per heavy atom. The quantitative estimate of drug-likeness (QED) is 0.744. The molecule has 1 heterocycles. The summed E-state index contributed by atoms with van der Waals surface area (Å²) in [6, 6.07) is 0.877. The van der Waals surface area contributed by atoms with Gasteiger partial charge in [-0.1, -0.05) is 31.8 Å². The largest absolute Gasteiger partial charge is 0.407 e. The van der Waals surface area contributed by atoms with Crippen LogP contribution >= 0.6 is 0 Å². The molecule has 2 N–H and O–H groups in total. The van der Waals surface area contributed by atoms with Crippen LogP contribution < -0.4 is 10.6 Å². The second kappa shape index (κ2) is 6.48. The van der Waals surface area contributed by atoms with Crippen LogP contribution in [-0.2, 0) is 6.54 Å². The number of nitrogens with one attached hydrogen (secondary N) is 2. The fraction of sp³-hybridized carbons (Fsp3) is 0.818. The zero-order chi connectivity index (χ0) is 12.0. The lowest BCUT2D eigenvalue weighted by molar-refractivity contribution is 0.420. The maximum absolute atomic E-state index is 5.44. The molecule has 0 aliphatic heterocycles. The molecular weight excluding hydrogens is 204 g/mol. The molecule has 1 aromatic rings. The Morgan fingerprint density at radius 1 is 1.25 bits per heavy atom. The highest BCUT2D eigenvalue weighted by atomic mass is 16.4. The number of rotatable bonds is 7. The Hall–Kier alpha value is -1.10. The first-order valence-electron chi connectivity index (χ1n) is 5.94. The minimum atomic E-state index is 0.359. The van der Waals surface area contributed by atoms with E-state index in [4.69, 9.17) is 4.42 Å². The number of hydrogen-bond acceptors (Lipinski definition) is 5. The minimum Gasteiger partial charge on any atom is -0.407 e. The molecule has 1 aromatic heterocycles. The van der Waals surface area contributed by atoms with Crippen LogP contribution in [0.2, 0.25) is 0 Å². The molecule has 0 fully saturated rings.